The maximum atomic E-state index is 12.2. The van der Waals surface area contributed by atoms with Crippen LogP contribution in [-0.2, 0) is 9.53 Å². The molecule has 1 heterocycles. The lowest BCUT2D eigenvalue weighted by Crippen LogP contribution is -2.13. The lowest BCUT2D eigenvalue weighted by molar-refractivity contribution is -0.142. The third-order valence-electron chi connectivity index (χ3n) is 2.92. The van der Waals surface area contributed by atoms with Crippen LogP contribution in [0.3, 0.4) is 0 Å². The van der Waals surface area contributed by atoms with Crippen LogP contribution >= 0.6 is 11.8 Å². The summed E-state index contributed by atoms with van der Waals surface area (Å²) >= 11 is 1.43. The molecule has 0 radical (unpaired) electrons. The Kier molecular flexibility index (Phi) is 5.39. The molecule has 0 aliphatic heterocycles. The predicted octanol–water partition coefficient (Wildman–Crippen LogP) is 4.09. The highest BCUT2D eigenvalue weighted by Gasteiger charge is 2.23. The van der Waals surface area contributed by atoms with Crippen LogP contribution in [0.5, 0.6) is 0 Å². The fourth-order valence-electron chi connectivity index (χ4n) is 2.08. The number of carbonyl (C=O) groups excluding carboxylic acids is 1. The molecule has 0 aliphatic carbocycles. The summed E-state index contributed by atoms with van der Waals surface area (Å²) in [5, 5.41) is 0.453. The van der Waals surface area contributed by atoms with Crippen molar-refractivity contribution < 1.29 is 9.53 Å². The number of thioether (sulfide) groups is 1. The molecule has 0 aliphatic rings. The number of rotatable bonds is 5. The van der Waals surface area contributed by atoms with Gasteiger partial charge in [0.2, 0.25) is 0 Å². The van der Waals surface area contributed by atoms with Gasteiger partial charge in [0.05, 0.1) is 11.6 Å². The molecule has 21 heavy (non-hydrogen) atoms. The van der Waals surface area contributed by atoms with E-state index in [1.54, 1.807) is 0 Å². The van der Waals surface area contributed by atoms with Crippen molar-refractivity contribution in [3.63, 3.8) is 0 Å². The normalized spacial score (nSPS) is 12.0. The van der Waals surface area contributed by atoms with E-state index < -0.39 is 0 Å². The molecule has 0 saturated carbocycles. The predicted molar refractivity (Wildman–Crippen MR) is 85.4 cm³/mol. The molecule has 2 rings (SSSR count). The third-order valence-corrected chi connectivity index (χ3v) is 4.07. The molecular formula is C17H19NO2S. The highest BCUT2D eigenvalue weighted by molar-refractivity contribution is 8.00. The molecule has 1 aromatic carbocycles. The summed E-state index contributed by atoms with van der Waals surface area (Å²) in [6, 6.07) is 13.7. The second-order valence-electron chi connectivity index (χ2n) is 4.78. The van der Waals surface area contributed by atoms with Gasteiger partial charge >= 0.3 is 5.97 Å². The summed E-state index contributed by atoms with van der Waals surface area (Å²) in [6.07, 6.45) is 0. The topological polar surface area (TPSA) is 39.2 Å². The zero-order valence-electron chi connectivity index (χ0n) is 12.5. The van der Waals surface area contributed by atoms with E-state index in [0.717, 1.165) is 21.8 Å². The fraction of sp³-hybridized carbons (Fsp3) is 0.294. The molecule has 2 aromatic rings. The van der Waals surface area contributed by atoms with Crippen molar-refractivity contribution in [2.24, 2.45) is 0 Å². The molecule has 0 N–H and O–H groups in total. The van der Waals surface area contributed by atoms with Gasteiger partial charge < -0.3 is 4.74 Å². The van der Waals surface area contributed by atoms with Gasteiger partial charge in [-0.3, -0.25) is 4.79 Å². The molecule has 1 aromatic heterocycles. The minimum absolute atomic E-state index is 0.227. The molecule has 1 unspecified atom stereocenters. The average Bonchev–Trinajstić information content (AvgIpc) is 2.45. The van der Waals surface area contributed by atoms with Crippen molar-refractivity contribution in [1.29, 1.82) is 0 Å². The Morgan fingerprint density at radius 1 is 1.24 bits per heavy atom. The molecule has 0 amide bonds. The average molecular weight is 301 g/mol. The summed E-state index contributed by atoms with van der Waals surface area (Å²) in [5.74, 6) is -0.227. The molecule has 0 bridgehead atoms. The van der Waals surface area contributed by atoms with Gasteiger partial charge in [0.25, 0.3) is 0 Å². The Labute approximate surface area is 129 Å². The lowest BCUT2D eigenvalue weighted by atomic mass is 10.1. The van der Waals surface area contributed by atoms with Gasteiger partial charge in [0.15, 0.2) is 0 Å². The minimum Gasteiger partial charge on any atom is -0.465 e. The summed E-state index contributed by atoms with van der Waals surface area (Å²) < 4.78 is 5.20. The number of pyridine rings is 1. The first-order valence-electron chi connectivity index (χ1n) is 6.93. The van der Waals surface area contributed by atoms with Crippen molar-refractivity contribution in [3.8, 4) is 0 Å². The van der Waals surface area contributed by atoms with E-state index in [4.69, 9.17) is 4.74 Å². The smallest absolute Gasteiger partial charge is 0.324 e. The van der Waals surface area contributed by atoms with Gasteiger partial charge in [-0.25, -0.2) is 4.98 Å². The van der Waals surface area contributed by atoms with Crippen molar-refractivity contribution >= 4 is 17.7 Å². The van der Waals surface area contributed by atoms with Crippen LogP contribution in [0.15, 0.2) is 47.5 Å². The Balaban J connectivity index is 2.29. The van der Waals surface area contributed by atoms with Crippen molar-refractivity contribution in [3.05, 3.63) is 59.3 Å². The number of nitrogens with zero attached hydrogens (tertiary/aromatic N) is 1. The molecular weight excluding hydrogens is 282 g/mol. The van der Waals surface area contributed by atoms with Gasteiger partial charge in [-0.05, 0) is 44.0 Å². The van der Waals surface area contributed by atoms with E-state index >= 15 is 0 Å². The SMILES string of the molecule is CCOC(=O)C(Sc1cc(C)cc(C)n1)c1ccccc1. The first-order valence-corrected chi connectivity index (χ1v) is 7.81. The maximum Gasteiger partial charge on any atom is 0.324 e. The number of hydrogen-bond donors (Lipinski definition) is 0. The van der Waals surface area contributed by atoms with Crippen LogP contribution in [0.2, 0.25) is 0 Å². The van der Waals surface area contributed by atoms with Crippen molar-refractivity contribution in [2.45, 2.75) is 31.0 Å². The van der Waals surface area contributed by atoms with E-state index in [0.29, 0.717) is 6.61 Å². The molecule has 0 saturated heterocycles. The van der Waals surface area contributed by atoms with Gasteiger partial charge in [-0.1, -0.05) is 42.1 Å². The summed E-state index contributed by atoms with van der Waals surface area (Å²) in [6.45, 7) is 6.18. The molecule has 3 nitrogen and oxygen atoms in total. The maximum absolute atomic E-state index is 12.2. The van der Waals surface area contributed by atoms with Crippen molar-refractivity contribution in [2.75, 3.05) is 6.61 Å². The largest absolute Gasteiger partial charge is 0.465 e. The van der Waals surface area contributed by atoms with Crippen LogP contribution in [0.4, 0.5) is 0 Å². The third kappa shape index (κ3) is 4.33. The number of hydrogen-bond acceptors (Lipinski definition) is 4. The number of carbonyl (C=O) groups is 1. The first kappa shape index (κ1) is 15.6. The standard InChI is InChI=1S/C17H19NO2S/c1-4-20-17(19)16(14-8-6-5-7-9-14)21-15-11-12(2)10-13(3)18-15/h5-11,16H,4H2,1-3H3. The molecule has 110 valence electrons. The van der Waals surface area contributed by atoms with Crippen LogP contribution in [0.25, 0.3) is 0 Å². The van der Waals surface area contributed by atoms with Crippen LogP contribution in [-0.4, -0.2) is 17.6 Å². The highest BCUT2D eigenvalue weighted by atomic mass is 32.2. The molecule has 0 fully saturated rings. The van der Waals surface area contributed by atoms with Crippen LogP contribution in [0, 0.1) is 13.8 Å². The fourth-order valence-corrected chi connectivity index (χ4v) is 3.23. The van der Waals surface area contributed by atoms with Gasteiger partial charge in [-0.15, -0.1) is 0 Å². The van der Waals surface area contributed by atoms with Crippen LogP contribution < -0.4 is 0 Å². The second-order valence-corrected chi connectivity index (χ2v) is 5.91. The lowest BCUT2D eigenvalue weighted by Gasteiger charge is -2.15. The first-order chi connectivity index (χ1) is 10.1. The van der Waals surface area contributed by atoms with E-state index in [-0.39, 0.29) is 11.2 Å². The number of ether oxygens (including phenoxy) is 1. The second kappa shape index (κ2) is 7.27. The number of benzene rings is 1. The number of aromatic nitrogens is 1. The number of esters is 1. The van der Waals surface area contributed by atoms with Gasteiger partial charge in [0.1, 0.15) is 5.25 Å². The van der Waals surface area contributed by atoms with E-state index in [1.807, 2.05) is 63.2 Å². The Hall–Kier alpha value is -1.81. The van der Waals surface area contributed by atoms with Gasteiger partial charge in [0, 0.05) is 5.69 Å². The molecule has 1 atom stereocenters. The Morgan fingerprint density at radius 3 is 2.57 bits per heavy atom. The monoisotopic (exact) mass is 301 g/mol. The highest BCUT2D eigenvalue weighted by Crippen LogP contribution is 2.35. The summed E-state index contributed by atoms with van der Waals surface area (Å²) in [4.78, 5) is 16.7. The quantitative estimate of drug-likeness (QED) is 0.616. The van der Waals surface area contributed by atoms with E-state index in [9.17, 15) is 4.79 Å². The zero-order valence-corrected chi connectivity index (χ0v) is 13.3. The van der Waals surface area contributed by atoms with Gasteiger partial charge in [-0.2, -0.15) is 0 Å². The molecule has 0 spiro atoms. The summed E-state index contributed by atoms with van der Waals surface area (Å²) in [7, 11) is 0. The zero-order chi connectivity index (χ0) is 15.2. The minimum atomic E-state index is -0.389. The Morgan fingerprint density at radius 2 is 1.95 bits per heavy atom. The van der Waals surface area contributed by atoms with E-state index in [1.165, 1.54) is 11.8 Å². The van der Waals surface area contributed by atoms with Crippen LogP contribution in [0.1, 0.15) is 29.0 Å². The summed E-state index contributed by atoms with van der Waals surface area (Å²) in [5.41, 5.74) is 3.02. The number of aryl methyl sites for hydroxylation is 2. The van der Waals surface area contributed by atoms with Crippen molar-refractivity contribution in [1.82, 2.24) is 4.98 Å². The molecule has 4 heteroatoms. The Bertz CT molecular complexity index is 593. The van der Waals surface area contributed by atoms with E-state index in [2.05, 4.69) is 4.98 Å².